The van der Waals surface area contributed by atoms with Gasteiger partial charge in [-0.3, -0.25) is 9.69 Å². The van der Waals surface area contributed by atoms with Crippen LogP contribution in [0.5, 0.6) is 0 Å². The predicted molar refractivity (Wildman–Crippen MR) is 88.6 cm³/mol. The lowest BCUT2D eigenvalue weighted by Crippen LogP contribution is -2.44. The molecular formula is C18H27FN2O2. The molecule has 1 amide bonds. The lowest BCUT2D eigenvalue weighted by molar-refractivity contribution is -0.123. The van der Waals surface area contributed by atoms with Crippen LogP contribution in [0.15, 0.2) is 24.3 Å². The molecule has 1 fully saturated rings. The van der Waals surface area contributed by atoms with Gasteiger partial charge in [-0.25, -0.2) is 4.39 Å². The molecule has 0 aromatic heterocycles. The van der Waals surface area contributed by atoms with Crippen molar-refractivity contribution in [3.05, 3.63) is 35.6 Å². The number of benzene rings is 1. The zero-order valence-electron chi connectivity index (χ0n) is 14.3. The van der Waals surface area contributed by atoms with Crippen molar-refractivity contribution in [3.63, 3.8) is 0 Å². The molecule has 0 bridgehead atoms. The highest BCUT2D eigenvalue weighted by Gasteiger charge is 2.24. The number of hydrogen-bond donors (Lipinski definition) is 1. The van der Waals surface area contributed by atoms with E-state index < -0.39 is 0 Å². The molecule has 0 spiro atoms. The maximum Gasteiger partial charge on any atom is 0.220 e. The van der Waals surface area contributed by atoms with Gasteiger partial charge in [0.15, 0.2) is 0 Å². The number of rotatable bonds is 5. The number of ether oxygens (including phenoxy) is 1. The van der Waals surface area contributed by atoms with Crippen molar-refractivity contribution in [2.45, 2.75) is 33.2 Å². The SMILES string of the molecule is CC(C)(C)CC(=O)NC[C@@H](c1cccc(F)c1)N1CCOCC1. The van der Waals surface area contributed by atoms with Gasteiger partial charge >= 0.3 is 0 Å². The number of morpholine rings is 1. The summed E-state index contributed by atoms with van der Waals surface area (Å²) < 4.78 is 19.0. The van der Waals surface area contributed by atoms with E-state index in [0.29, 0.717) is 26.2 Å². The highest BCUT2D eigenvalue weighted by atomic mass is 19.1. The third-order valence-electron chi connectivity index (χ3n) is 3.90. The zero-order valence-corrected chi connectivity index (χ0v) is 14.3. The number of amides is 1. The normalized spacial score (nSPS) is 17.7. The van der Waals surface area contributed by atoms with Crippen LogP contribution in [0.1, 0.15) is 38.8 Å². The Morgan fingerprint density at radius 3 is 2.65 bits per heavy atom. The molecule has 0 unspecified atom stereocenters. The van der Waals surface area contributed by atoms with Crippen molar-refractivity contribution >= 4 is 5.91 Å². The van der Waals surface area contributed by atoms with Crippen LogP contribution in [-0.2, 0) is 9.53 Å². The minimum Gasteiger partial charge on any atom is -0.379 e. The van der Waals surface area contributed by atoms with Crippen LogP contribution >= 0.6 is 0 Å². The van der Waals surface area contributed by atoms with Crippen LogP contribution in [0, 0.1) is 11.2 Å². The molecule has 1 N–H and O–H groups in total. The van der Waals surface area contributed by atoms with E-state index >= 15 is 0 Å². The van der Waals surface area contributed by atoms with E-state index in [1.807, 2.05) is 26.8 Å². The van der Waals surface area contributed by atoms with Crippen LogP contribution in [0.25, 0.3) is 0 Å². The molecular weight excluding hydrogens is 295 g/mol. The highest BCUT2D eigenvalue weighted by molar-refractivity contribution is 5.76. The molecule has 5 heteroatoms. The Labute approximate surface area is 138 Å². The largest absolute Gasteiger partial charge is 0.379 e. The molecule has 23 heavy (non-hydrogen) atoms. The van der Waals surface area contributed by atoms with E-state index in [1.165, 1.54) is 6.07 Å². The quantitative estimate of drug-likeness (QED) is 0.906. The first-order valence-corrected chi connectivity index (χ1v) is 8.19. The second-order valence-corrected chi connectivity index (χ2v) is 7.26. The maximum atomic E-state index is 13.6. The summed E-state index contributed by atoms with van der Waals surface area (Å²) in [5.41, 5.74) is 0.847. The lowest BCUT2D eigenvalue weighted by Gasteiger charge is -2.35. The van der Waals surface area contributed by atoms with Crippen molar-refractivity contribution in [2.75, 3.05) is 32.8 Å². The van der Waals surface area contributed by atoms with Gasteiger partial charge in [0.1, 0.15) is 5.82 Å². The average molecular weight is 322 g/mol. The van der Waals surface area contributed by atoms with E-state index in [4.69, 9.17) is 4.74 Å². The van der Waals surface area contributed by atoms with Crippen molar-refractivity contribution < 1.29 is 13.9 Å². The molecule has 1 aliphatic heterocycles. The molecule has 1 heterocycles. The van der Waals surface area contributed by atoms with Gasteiger partial charge in [-0.2, -0.15) is 0 Å². The van der Waals surface area contributed by atoms with Crippen molar-refractivity contribution in [3.8, 4) is 0 Å². The summed E-state index contributed by atoms with van der Waals surface area (Å²) in [6, 6.07) is 6.60. The first-order valence-electron chi connectivity index (χ1n) is 8.19. The van der Waals surface area contributed by atoms with E-state index in [2.05, 4.69) is 10.2 Å². The fourth-order valence-electron chi connectivity index (χ4n) is 2.82. The third kappa shape index (κ3) is 5.92. The first-order chi connectivity index (χ1) is 10.8. The van der Waals surface area contributed by atoms with Crippen LogP contribution in [-0.4, -0.2) is 43.7 Å². The summed E-state index contributed by atoms with van der Waals surface area (Å²) in [4.78, 5) is 14.4. The molecule has 1 saturated heterocycles. The molecule has 2 rings (SSSR count). The van der Waals surface area contributed by atoms with Gasteiger partial charge in [0.25, 0.3) is 0 Å². The van der Waals surface area contributed by atoms with Gasteiger partial charge in [0.2, 0.25) is 5.91 Å². The van der Waals surface area contributed by atoms with Gasteiger partial charge in [-0.15, -0.1) is 0 Å². The zero-order chi connectivity index (χ0) is 16.9. The molecule has 0 aliphatic carbocycles. The fraction of sp³-hybridized carbons (Fsp3) is 0.611. The Balaban J connectivity index is 2.06. The minimum absolute atomic E-state index is 0.0291. The van der Waals surface area contributed by atoms with Crippen LogP contribution in [0.3, 0.4) is 0 Å². The second kappa shape index (κ2) is 7.88. The minimum atomic E-state index is -0.248. The lowest BCUT2D eigenvalue weighted by atomic mass is 9.92. The molecule has 0 saturated carbocycles. The van der Waals surface area contributed by atoms with E-state index in [9.17, 15) is 9.18 Å². The van der Waals surface area contributed by atoms with Gasteiger partial charge in [-0.05, 0) is 23.1 Å². The molecule has 0 radical (unpaired) electrons. The van der Waals surface area contributed by atoms with E-state index in [1.54, 1.807) is 12.1 Å². The monoisotopic (exact) mass is 322 g/mol. The van der Waals surface area contributed by atoms with Gasteiger partial charge in [-0.1, -0.05) is 32.9 Å². The Morgan fingerprint density at radius 1 is 1.35 bits per heavy atom. The van der Waals surface area contributed by atoms with Gasteiger partial charge in [0.05, 0.1) is 19.3 Å². The molecule has 4 nitrogen and oxygen atoms in total. The number of carbonyl (C=O) groups excluding carboxylic acids is 1. The molecule has 1 aromatic rings. The standard InChI is InChI=1S/C18H27FN2O2/c1-18(2,3)12-17(22)20-13-16(21-7-9-23-10-8-21)14-5-4-6-15(19)11-14/h4-6,11,16H,7-10,12-13H2,1-3H3,(H,20,22)/t16-/m0/s1. The number of nitrogens with one attached hydrogen (secondary N) is 1. The number of carbonyl (C=O) groups is 1. The Kier molecular flexibility index (Phi) is 6.13. The number of hydrogen-bond acceptors (Lipinski definition) is 3. The Bertz CT molecular complexity index is 522. The van der Waals surface area contributed by atoms with E-state index in [0.717, 1.165) is 18.7 Å². The Morgan fingerprint density at radius 2 is 2.04 bits per heavy atom. The maximum absolute atomic E-state index is 13.6. The van der Waals surface area contributed by atoms with Crippen LogP contribution < -0.4 is 5.32 Å². The number of halogens is 1. The molecule has 128 valence electrons. The van der Waals surface area contributed by atoms with Crippen molar-refractivity contribution in [1.29, 1.82) is 0 Å². The van der Waals surface area contributed by atoms with E-state index in [-0.39, 0.29) is 23.2 Å². The summed E-state index contributed by atoms with van der Waals surface area (Å²) in [5, 5.41) is 3.01. The topological polar surface area (TPSA) is 41.6 Å². The Hall–Kier alpha value is -1.46. The average Bonchev–Trinajstić information content (AvgIpc) is 2.47. The summed E-state index contributed by atoms with van der Waals surface area (Å²) in [6.07, 6.45) is 0.478. The molecule has 1 aromatic carbocycles. The van der Waals surface area contributed by atoms with Gasteiger partial charge in [0, 0.05) is 26.1 Å². The predicted octanol–water partition coefficient (Wildman–Crippen LogP) is 2.75. The highest BCUT2D eigenvalue weighted by Crippen LogP contribution is 2.23. The fourth-order valence-corrected chi connectivity index (χ4v) is 2.82. The smallest absolute Gasteiger partial charge is 0.220 e. The molecule has 1 aliphatic rings. The van der Waals surface area contributed by atoms with Crippen molar-refractivity contribution in [2.24, 2.45) is 5.41 Å². The summed E-state index contributed by atoms with van der Waals surface area (Å²) >= 11 is 0. The van der Waals surface area contributed by atoms with Crippen LogP contribution in [0.4, 0.5) is 4.39 Å². The van der Waals surface area contributed by atoms with Crippen molar-refractivity contribution in [1.82, 2.24) is 10.2 Å². The third-order valence-corrected chi connectivity index (χ3v) is 3.90. The summed E-state index contributed by atoms with van der Waals surface area (Å²) in [6.45, 7) is 9.52. The molecule has 1 atom stereocenters. The summed E-state index contributed by atoms with van der Waals surface area (Å²) in [7, 11) is 0. The number of nitrogens with zero attached hydrogens (tertiary/aromatic N) is 1. The van der Waals surface area contributed by atoms with Crippen LogP contribution in [0.2, 0.25) is 0 Å². The first kappa shape index (κ1) is 17.9. The second-order valence-electron chi connectivity index (χ2n) is 7.26. The summed E-state index contributed by atoms with van der Waals surface area (Å²) in [5.74, 6) is -0.214. The van der Waals surface area contributed by atoms with Gasteiger partial charge < -0.3 is 10.1 Å².